The number of nitro groups is 1. The molecule has 2 N–H and O–H groups in total. The molecule has 2 rings (SSSR count). The zero-order valence-corrected chi connectivity index (χ0v) is 12.1. The number of nitro benzene ring substituents is 1. The van der Waals surface area contributed by atoms with Crippen molar-refractivity contribution >= 4 is 22.3 Å². The number of nitrogens with one attached hydrogen (secondary N) is 1. The second-order valence-electron chi connectivity index (χ2n) is 5.44. The fraction of sp³-hybridized carbons (Fsp3) is 0.400. The summed E-state index contributed by atoms with van der Waals surface area (Å²) in [4.78, 5) is 15.1. The molecule has 2 aromatic rings. The lowest BCUT2D eigenvalue weighted by molar-refractivity contribution is -0.382. The lowest BCUT2D eigenvalue weighted by Gasteiger charge is -2.19. The second kappa shape index (κ2) is 6.49. The summed E-state index contributed by atoms with van der Waals surface area (Å²) < 4.78 is 0. The van der Waals surface area contributed by atoms with Crippen LogP contribution in [0.2, 0.25) is 0 Å². The molecule has 1 aromatic carbocycles. The van der Waals surface area contributed by atoms with Crippen LogP contribution in [0.4, 0.5) is 11.4 Å². The molecule has 6 heteroatoms. The molecule has 1 atom stereocenters. The Bertz CT molecular complexity index is 643. The Morgan fingerprint density at radius 2 is 2.14 bits per heavy atom. The van der Waals surface area contributed by atoms with Crippen LogP contribution in [0.3, 0.4) is 0 Å². The smallest absolute Gasteiger partial charge is 0.301 e. The van der Waals surface area contributed by atoms with E-state index in [2.05, 4.69) is 10.3 Å². The van der Waals surface area contributed by atoms with E-state index in [1.165, 1.54) is 0 Å². The first-order chi connectivity index (χ1) is 10.0. The monoisotopic (exact) mass is 289 g/mol. The van der Waals surface area contributed by atoms with Crippen molar-refractivity contribution in [1.82, 2.24) is 4.98 Å². The van der Waals surface area contributed by atoms with Crippen molar-refractivity contribution < 1.29 is 10.0 Å². The number of aliphatic hydroxyl groups excluding tert-OH is 1. The third kappa shape index (κ3) is 3.46. The number of anilines is 1. The minimum atomic E-state index is -0.407. The molecule has 0 aliphatic carbocycles. The van der Waals surface area contributed by atoms with Gasteiger partial charge in [0.1, 0.15) is 5.69 Å². The van der Waals surface area contributed by atoms with Gasteiger partial charge in [-0.05, 0) is 36.6 Å². The Kier molecular flexibility index (Phi) is 4.70. The second-order valence-corrected chi connectivity index (χ2v) is 5.44. The molecule has 6 nitrogen and oxygen atoms in total. The van der Waals surface area contributed by atoms with Gasteiger partial charge in [-0.2, -0.15) is 0 Å². The number of aromatic nitrogens is 1. The molecule has 1 heterocycles. The largest absolute Gasteiger partial charge is 0.394 e. The summed E-state index contributed by atoms with van der Waals surface area (Å²) in [6, 6.07) is 6.54. The molecule has 1 aromatic heterocycles. The number of aliphatic hydroxyl groups is 1. The molecule has 0 bridgehead atoms. The van der Waals surface area contributed by atoms with Gasteiger partial charge in [0.05, 0.1) is 22.4 Å². The van der Waals surface area contributed by atoms with Gasteiger partial charge >= 0.3 is 5.69 Å². The minimum absolute atomic E-state index is 0.00260. The number of benzene rings is 1. The van der Waals surface area contributed by atoms with Crippen LogP contribution < -0.4 is 5.32 Å². The van der Waals surface area contributed by atoms with Crippen LogP contribution in [-0.2, 0) is 0 Å². The normalized spacial score (nSPS) is 12.6. The van der Waals surface area contributed by atoms with Gasteiger partial charge in [-0.3, -0.25) is 15.1 Å². The van der Waals surface area contributed by atoms with Crippen molar-refractivity contribution in [1.29, 1.82) is 0 Å². The van der Waals surface area contributed by atoms with E-state index < -0.39 is 4.92 Å². The zero-order valence-electron chi connectivity index (χ0n) is 12.1. The van der Waals surface area contributed by atoms with E-state index in [0.717, 1.165) is 6.42 Å². The van der Waals surface area contributed by atoms with Gasteiger partial charge in [0.15, 0.2) is 0 Å². The molecular weight excluding hydrogens is 270 g/mol. The van der Waals surface area contributed by atoms with Crippen LogP contribution in [-0.4, -0.2) is 27.7 Å². The highest BCUT2D eigenvalue weighted by Crippen LogP contribution is 2.33. The predicted octanol–water partition coefficient (Wildman–Crippen LogP) is 2.96. The Balaban J connectivity index is 2.43. The van der Waals surface area contributed by atoms with E-state index in [-0.39, 0.29) is 18.3 Å². The molecule has 0 amide bonds. The zero-order chi connectivity index (χ0) is 15.4. The topological polar surface area (TPSA) is 88.3 Å². The summed E-state index contributed by atoms with van der Waals surface area (Å²) in [7, 11) is 0. The quantitative estimate of drug-likeness (QED) is 0.630. The number of hydrogen-bond donors (Lipinski definition) is 2. The van der Waals surface area contributed by atoms with Crippen LogP contribution in [0.25, 0.3) is 10.9 Å². The van der Waals surface area contributed by atoms with E-state index in [0.29, 0.717) is 22.5 Å². The molecule has 0 fully saturated rings. The van der Waals surface area contributed by atoms with E-state index in [1.807, 2.05) is 13.8 Å². The van der Waals surface area contributed by atoms with E-state index >= 15 is 0 Å². The third-order valence-electron chi connectivity index (χ3n) is 3.28. The van der Waals surface area contributed by atoms with E-state index in [4.69, 9.17) is 0 Å². The van der Waals surface area contributed by atoms with Crippen LogP contribution >= 0.6 is 0 Å². The van der Waals surface area contributed by atoms with Gasteiger partial charge < -0.3 is 10.4 Å². The predicted molar refractivity (Wildman–Crippen MR) is 82.3 cm³/mol. The maximum atomic E-state index is 11.4. The molecule has 0 radical (unpaired) electrons. The SMILES string of the molecule is CC(C)CC(CO)Nc1ccc2ncccc2c1[N+](=O)[O-]. The summed E-state index contributed by atoms with van der Waals surface area (Å²) in [5, 5.41) is 24.4. The van der Waals surface area contributed by atoms with E-state index in [9.17, 15) is 15.2 Å². The summed E-state index contributed by atoms with van der Waals surface area (Å²) >= 11 is 0. The van der Waals surface area contributed by atoms with Gasteiger partial charge in [-0.1, -0.05) is 13.8 Å². The maximum absolute atomic E-state index is 11.4. The number of hydrogen-bond acceptors (Lipinski definition) is 5. The first-order valence-electron chi connectivity index (χ1n) is 6.92. The standard InChI is InChI=1S/C15H19N3O3/c1-10(2)8-11(9-19)17-14-6-5-13-12(4-3-7-16-13)15(14)18(20)21/h3-7,10-11,17,19H,8-9H2,1-2H3. The highest BCUT2D eigenvalue weighted by Gasteiger charge is 2.21. The molecule has 112 valence electrons. The van der Waals surface area contributed by atoms with Crippen LogP contribution in [0, 0.1) is 16.0 Å². The Morgan fingerprint density at radius 1 is 1.38 bits per heavy atom. The van der Waals surface area contributed by atoms with Crippen molar-refractivity contribution in [2.45, 2.75) is 26.3 Å². The Morgan fingerprint density at radius 3 is 2.76 bits per heavy atom. The highest BCUT2D eigenvalue weighted by atomic mass is 16.6. The van der Waals surface area contributed by atoms with Gasteiger partial charge in [0.25, 0.3) is 0 Å². The fourth-order valence-electron chi connectivity index (χ4n) is 2.42. The Labute approximate surface area is 123 Å². The highest BCUT2D eigenvalue weighted by molar-refractivity contribution is 5.94. The van der Waals surface area contributed by atoms with E-state index in [1.54, 1.807) is 30.5 Å². The summed E-state index contributed by atoms with van der Waals surface area (Å²) in [6.07, 6.45) is 2.34. The third-order valence-corrected chi connectivity index (χ3v) is 3.28. The van der Waals surface area contributed by atoms with Gasteiger partial charge in [0, 0.05) is 12.2 Å². The number of rotatable bonds is 6. The molecular formula is C15H19N3O3. The summed E-state index contributed by atoms with van der Waals surface area (Å²) in [6.45, 7) is 4.02. The molecule has 0 aliphatic heterocycles. The van der Waals surface area contributed by atoms with Crippen molar-refractivity contribution in [2.75, 3.05) is 11.9 Å². The van der Waals surface area contributed by atoms with Gasteiger partial charge in [-0.25, -0.2) is 0 Å². The molecule has 21 heavy (non-hydrogen) atoms. The average molecular weight is 289 g/mol. The Hall–Kier alpha value is -2.21. The van der Waals surface area contributed by atoms with Crippen molar-refractivity contribution in [3.63, 3.8) is 0 Å². The number of pyridine rings is 1. The first kappa shape index (κ1) is 15.2. The van der Waals surface area contributed by atoms with Crippen LogP contribution in [0.1, 0.15) is 20.3 Å². The first-order valence-corrected chi connectivity index (χ1v) is 6.92. The maximum Gasteiger partial charge on any atom is 0.301 e. The summed E-state index contributed by atoms with van der Waals surface area (Å²) in [5.41, 5.74) is 1.00. The van der Waals surface area contributed by atoms with Crippen molar-refractivity contribution in [3.05, 3.63) is 40.6 Å². The average Bonchev–Trinajstić information content (AvgIpc) is 2.45. The van der Waals surface area contributed by atoms with Crippen molar-refractivity contribution in [2.24, 2.45) is 5.92 Å². The molecule has 0 saturated carbocycles. The van der Waals surface area contributed by atoms with Crippen molar-refractivity contribution in [3.8, 4) is 0 Å². The van der Waals surface area contributed by atoms with Gasteiger partial charge in [0.2, 0.25) is 0 Å². The lowest BCUT2D eigenvalue weighted by atomic mass is 10.0. The minimum Gasteiger partial charge on any atom is -0.394 e. The molecule has 0 aliphatic rings. The van der Waals surface area contributed by atoms with Crippen LogP contribution in [0.5, 0.6) is 0 Å². The number of nitrogens with zero attached hydrogens (tertiary/aromatic N) is 2. The summed E-state index contributed by atoms with van der Waals surface area (Å²) in [5.74, 6) is 0.385. The van der Waals surface area contributed by atoms with Gasteiger partial charge in [-0.15, -0.1) is 0 Å². The van der Waals surface area contributed by atoms with Crippen LogP contribution in [0.15, 0.2) is 30.5 Å². The lowest BCUT2D eigenvalue weighted by Crippen LogP contribution is -2.26. The fourth-order valence-corrected chi connectivity index (χ4v) is 2.42. The molecule has 0 spiro atoms. The molecule has 1 unspecified atom stereocenters. The molecule has 0 saturated heterocycles. The number of fused-ring (bicyclic) bond motifs is 1.